The predicted molar refractivity (Wildman–Crippen MR) is 101 cm³/mol. The maximum absolute atomic E-state index is 12.0. The molecule has 1 N–H and O–H groups in total. The molecule has 4 nitrogen and oxygen atoms in total. The second-order valence-corrected chi connectivity index (χ2v) is 7.01. The molecule has 0 saturated carbocycles. The van der Waals surface area contributed by atoms with Gasteiger partial charge >= 0.3 is 5.97 Å². The number of anilines is 1. The third-order valence-electron chi connectivity index (χ3n) is 3.28. The number of nitrogens with one attached hydrogen (secondary N) is 1. The van der Waals surface area contributed by atoms with Crippen molar-refractivity contribution in [1.29, 1.82) is 0 Å². The average molecular weight is 455 g/mol. The first-order valence-electron chi connectivity index (χ1n) is 7.41. The summed E-state index contributed by atoms with van der Waals surface area (Å²) in [5.74, 6) is -0.774. The molecule has 1 amide bonds. The molecule has 0 radical (unpaired) electrons. The second kappa shape index (κ2) is 8.99. The molecule has 0 fully saturated rings. The minimum absolute atomic E-state index is 0.245. The molecule has 126 valence electrons. The zero-order chi connectivity index (χ0) is 17.5. The minimum Gasteiger partial charge on any atom is -0.456 e. The van der Waals surface area contributed by atoms with Crippen LogP contribution in [0.25, 0.3) is 0 Å². The van der Waals surface area contributed by atoms with E-state index < -0.39 is 5.97 Å². The highest BCUT2D eigenvalue weighted by atomic mass is 79.9. The Morgan fingerprint density at radius 1 is 1.08 bits per heavy atom. The molecule has 0 unspecified atom stereocenters. The molecular formula is C18H17Br2NO3. The number of halogens is 2. The van der Waals surface area contributed by atoms with Crippen molar-refractivity contribution in [2.45, 2.75) is 19.8 Å². The molecule has 0 saturated heterocycles. The van der Waals surface area contributed by atoms with Crippen molar-refractivity contribution in [3.8, 4) is 0 Å². The molecule has 24 heavy (non-hydrogen) atoms. The monoisotopic (exact) mass is 453 g/mol. The van der Waals surface area contributed by atoms with Gasteiger partial charge in [-0.05, 0) is 68.5 Å². The molecule has 2 aromatic carbocycles. The summed E-state index contributed by atoms with van der Waals surface area (Å²) in [7, 11) is 0. The zero-order valence-corrected chi connectivity index (χ0v) is 16.3. The number of hydrogen-bond donors (Lipinski definition) is 1. The first-order chi connectivity index (χ1) is 11.5. The van der Waals surface area contributed by atoms with Crippen LogP contribution in [0.4, 0.5) is 5.69 Å². The number of esters is 1. The lowest BCUT2D eigenvalue weighted by molar-refractivity contribution is -0.147. The van der Waals surface area contributed by atoms with Crippen molar-refractivity contribution in [3.63, 3.8) is 0 Å². The van der Waals surface area contributed by atoms with E-state index in [4.69, 9.17) is 4.74 Å². The Kier molecular flexibility index (Phi) is 6.99. The van der Waals surface area contributed by atoms with E-state index in [0.717, 1.165) is 20.1 Å². The number of hydrogen-bond acceptors (Lipinski definition) is 3. The highest BCUT2D eigenvalue weighted by molar-refractivity contribution is 9.11. The van der Waals surface area contributed by atoms with Crippen molar-refractivity contribution in [2.75, 3.05) is 11.9 Å². The number of rotatable bonds is 6. The lowest BCUT2D eigenvalue weighted by atomic mass is 10.1. The topological polar surface area (TPSA) is 55.4 Å². The fraction of sp³-hybridized carbons (Fsp3) is 0.222. The van der Waals surface area contributed by atoms with E-state index in [9.17, 15) is 9.59 Å². The summed E-state index contributed by atoms with van der Waals surface area (Å²) in [6, 6.07) is 13.5. The summed E-state index contributed by atoms with van der Waals surface area (Å²) in [4.78, 5) is 23.7. The van der Waals surface area contributed by atoms with E-state index >= 15 is 0 Å². The van der Waals surface area contributed by atoms with Gasteiger partial charge in [-0.15, -0.1) is 0 Å². The Morgan fingerprint density at radius 3 is 2.33 bits per heavy atom. The van der Waals surface area contributed by atoms with Crippen molar-refractivity contribution >= 4 is 49.4 Å². The van der Waals surface area contributed by atoms with Crippen LogP contribution < -0.4 is 5.32 Å². The van der Waals surface area contributed by atoms with Gasteiger partial charge in [0.15, 0.2) is 6.61 Å². The summed E-state index contributed by atoms with van der Waals surface area (Å²) >= 11 is 6.81. The Hall–Kier alpha value is -1.66. The lowest BCUT2D eigenvalue weighted by Crippen LogP contribution is -2.21. The zero-order valence-electron chi connectivity index (χ0n) is 13.1. The Labute approximate surface area is 157 Å². The number of benzene rings is 2. The molecule has 0 aromatic heterocycles. The second-order valence-electron chi connectivity index (χ2n) is 5.30. The number of ether oxygens (including phenoxy) is 1. The Balaban J connectivity index is 1.80. The van der Waals surface area contributed by atoms with Crippen LogP contribution in [0.2, 0.25) is 0 Å². The lowest BCUT2D eigenvalue weighted by Gasteiger charge is -2.11. The summed E-state index contributed by atoms with van der Waals surface area (Å²) in [5, 5.41) is 2.72. The normalized spacial score (nSPS) is 10.3. The van der Waals surface area contributed by atoms with E-state index in [1.165, 1.54) is 0 Å². The third-order valence-corrected chi connectivity index (χ3v) is 4.53. The highest BCUT2D eigenvalue weighted by Crippen LogP contribution is 2.32. The largest absolute Gasteiger partial charge is 0.456 e. The first-order valence-corrected chi connectivity index (χ1v) is 8.99. The van der Waals surface area contributed by atoms with Crippen molar-refractivity contribution in [1.82, 2.24) is 0 Å². The van der Waals surface area contributed by atoms with Crippen LogP contribution in [0, 0.1) is 6.92 Å². The number of carbonyl (C=O) groups is 2. The fourth-order valence-corrected chi connectivity index (χ4v) is 3.72. The molecular weight excluding hydrogens is 438 g/mol. The molecule has 0 aliphatic rings. The van der Waals surface area contributed by atoms with Gasteiger partial charge in [-0.25, -0.2) is 0 Å². The van der Waals surface area contributed by atoms with Crippen LogP contribution in [0.5, 0.6) is 0 Å². The molecule has 0 spiro atoms. The summed E-state index contributed by atoms with van der Waals surface area (Å²) in [5.41, 5.74) is 2.73. The minimum atomic E-state index is -0.393. The van der Waals surface area contributed by atoms with Gasteiger partial charge in [0.05, 0.1) is 5.69 Å². The van der Waals surface area contributed by atoms with E-state index in [0.29, 0.717) is 12.1 Å². The quantitative estimate of drug-likeness (QED) is 0.647. The van der Waals surface area contributed by atoms with Gasteiger partial charge in [0.1, 0.15) is 0 Å². The van der Waals surface area contributed by atoms with Crippen LogP contribution in [0.3, 0.4) is 0 Å². The molecule has 0 aliphatic heterocycles. The third kappa shape index (κ3) is 5.76. The molecule has 2 rings (SSSR count). The van der Waals surface area contributed by atoms with Gasteiger partial charge in [-0.2, -0.15) is 0 Å². The van der Waals surface area contributed by atoms with Crippen molar-refractivity contribution < 1.29 is 14.3 Å². The van der Waals surface area contributed by atoms with E-state index in [2.05, 4.69) is 37.2 Å². The standard InChI is InChI=1S/C18H17Br2NO3/c1-12-9-14(19)18(15(20)10-12)21-16(22)11-24-17(23)8-7-13-5-3-2-4-6-13/h2-6,9-10H,7-8,11H2,1H3,(H,21,22). The van der Waals surface area contributed by atoms with Gasteiger partial charge in [-0.1, -0.05) is 30.3 Å². The summed E-state index contributed by atoms with van der Waals surface area (Å²) < 4.78 is 6.54. The predicted octanol–water partition coefficient (Wildman–Crippen LogP) is 4.63. The van der Waals surface area contributed by atoms with Crippen LogP contribution in [0.1, 0.15) is 17.5 Å². The average Bonchev–Trinajstić information content (AvgIpc) is 2.55. The Bertz CT molecular complexity index is 709. The van der Waals surface area contributed by atoms with Crippen molar-refractivity contribution in [3.05, 3.63) is 62.5 Å². The van der Waals surface area contributed by atoms with E-state index in [1.54, 1.807) is 0 Å². The van der Waals surface area contributed by atoms with Crippen LogP contribution >= 0.6 is 31.9 Å². The number of carbonyl (C=O) groups excluding carboxylic acids is 2. The molecule has 6 heteroatoms. The SMILES string of the molecule is Cc1cc(Br)c(NC(=O)COC(=O)CCc2ccccc2)c(Br)c1. The van der Waals surface area contributed by atoms with Gasteiger partial charge in [-0.3, -0.25) is 9.59 Å². The molecule has 0 heterocycles. The van der Waals surface area contributed by atoms with Gasteiger partial charge in [0.25, 0.3) is 5.91 Å². The molecule has 0 bridgehead atoms. The van der Waals surface area contributed by atoms with Crippen LogP contribution in [-0.2, 0) is 20.7 Å². The van der Waals surface area contributed by atoms with Crippen molar-refractivity contribution in [2.24, 2.45) is 0 Å². The maximum atomic E-state index is 12.0. The first kappa shape index (κ1) is 18.7. The van der Waals surface area contributed by atoms with E-state index in [1.807, 2.05) is 49.4 Å². The summed E-state index contributed by atoms with van der Waals surface area (Å²) in [6.07, 6.45) is 0.839. The molecule has 0 atom stereocenters. The maximum Gasteiger partial charge on any atom is 0.306 e. The summed E-state index contributed by atoms with van der Waals surface area (Å²) in [6.45, 7) is 1.65. The smallest absolute Gasteiger partial charge is 0.306 e. The van der Waals surface area contributed by atoms with Gasteiger partial charge < -0.3 is 10.1 Å². The fourth-order valence-electron chi connectivity index (χ4n) is 2.10. The van der Waals surface area contributed by atoms with Crippen LogP contribution in [0.15, 0.2) is 51.4 Å². The van der Waals surface area contributed by atoms with E-state index in [-0.39, 0.29) is 18.9 Å². The van der Waals surface area contributed by atoms with Gasteiger partial charge in [0.2, 0.25) is 0 Å². The van der Waals surface area contributed by atoms with Crippen LogP contribution in [-0.4, -0.2) is 18.5 Å². The van der Waals surface area contributed by atoms with Gasteiger partial charge in [0, 0.05) is 15.4 Å². The number of aryl methyl sites for hydroxylation is 2. The highest BCUT2D eigenvalue weighted by Gasteiger charge is 2.12. The molecule has 0 aliphatic carbocycles. The Morgan fingerprint density at radius 2 is 1.71 bits per heavy atom. The molecule has 2 aromatic rings. The number of amides is 1.